The normalized spacial score (nSPS) is 32.3. The fraction of sp³-hybridized carbons (Fsp3) is 0.706. The minimum absolute atomic E-state index is 0.400. The molecule has 1 saturated heterocycles. The van der Waals surface area contributed by atoms with Crippen LogP contribution in [0.4, 0.5) is 0 Å². The molecule has 3 unspecified atom stereocenters. The SMILES string of the molecule is CN=C(NCc1sccc1C)NC1C2CCOC2C12CCC2. The van der Waals surface area contributed by atoms with E-state index < -0.39 is 0 Å². The number of hydrogen-bond acceptors (Lipinski definition) is 3. The zero-order valence-electron chi connectivity index (χ0n) is 13.4. The van der Waals surface area contributed by atoms with E-state index in [-0.39, 0.29) is 0 Å². The van der Waals surface area contributed by atoms with Crippen molar-refractivity contribution in [1.29, 1.82) is 0 Å². The number of nitrogens with one attached hydrogen (secondary N) is 2. The first kappa shape index (κ1) is 14.5. The predicted octanol–water partition coefficient (Wildman–Crippen LogP) is 2.68. The van der Waals surface area contributed by atoms with Crippen molar-refractivity contribution in [2.75, 3.05) is 13.7 Å². The van der Waals surface area contributed by atoms with Crippen molar-refractivity contribution in [3.63, 3.8) is 0 Å². The quantitative estimate of drug-likeness (QED) is 0.665. The van der Waals surface area contributed by atoms with Gasteiger partial charge in [0.1, 0.15) is 0 Å². The molecular weight excluding hydrogens is 294 g/mol. The first-order chi connectivity index (χ1) is 10.7. The number of rotatable bonds is 3. The molecule has 4 nitrogen and oxygen atoms in total. The topological polar surface area (TPSA) is 45.7 Å². The van der Waals surface area contributed by atoms with Crippen molar-refractivity contribution >= 4 is 17.3 Å². The van der Waals surface area contributed by atoms with Crippen molar-refractivity contribution in [3.8, 4) is 0 Å². The Labute approximate surface area is 136 Å². The number of guanidine groups is 1. The summed E-state index contributed by atoms with van der Waals surface area (Å²) in [6.45, 7) is 3.96. The van der Waals surface area contributed by atoms with E-state index in [0.717, 1.165) is 19.1 Å². The highest BCUT2D eigenvalue weighted by Gasteiger charge is 2.66. The van der Waals surface area contributed by atoms with E-state index in [1.807, 2.05) is 7.05 Å². The van der Waals surface area contributed by atoms with Crippen molar-refractivity contribution in [2.24, 2.45) is 16.3 Å². The minimum atomic E-state index is 0.400. The van der Waals surface area contributed by atoms with Crippen LogP contribution in [0.3, 0.4) is 0 Å². The third-order valence-electron chi connectivity index (χ3n) is 5.94. The number of aliphatic imine (C=N–C) groups is 1. The Balaban J connectivity index is 1.40. The van der Waals surface area contributed by atoms with E-state index in [1.165, 1.54) is 36.1 Å². The van der Waals surface area contributed by atoms with Gasteiger partial charge in [0.05, 0.1) is 12.6 Å². The molecule has 1 aromatic heterocycles. The van der Waals surface area contributed by atoms with Gasteiger partial charge >= 0.3 is 0 Å². The third kappa shape index (κ3) is 2.09. The molecule has 0 radical (unpaired) electrons. The Morgan fingerprint density at radius 1 is 1.50 bits per heavy atom. The smallest absolute Gasteiger partial charge is 0.191 e. The molecule has 0 aromatic carbocycles. The van der Waals surface area contributed by atoms with Crippen LogP contribution in [0.25, 0.3) is 0 Å². The predicted molar refractivity (Wildman–Crippen MR) is 90.3 cm³/mol. The summed E-state index contributed by atoms with van der Waals surface area (Å²) in [5.74, 6) is 1.62. The number of thiophene rings is 1. The molecule has 2 N–H and O–H groups in total. The van der Waals surface area contributed by atoms with Gasteiger partial charge in [-0.1, -0.05) is 6.42 Å². The molecule has 1 spiro atoms. The van der Waals surface area contributed by atoms with Crippen molar-refractivity contribution in [2.45, 2.75) is 51.3 Å². The van der Waals surface area contributed by atoms with Crippen LogP contribution in [-0.4, -0.2) is 31.8 Å². The first-order valence-corrected chi connectivity index (χ1v) is 9.24. The highest BCUT2D eigenvalue weighted by atomic mass is 32.1. The maximum atomic E-state index is 5.99. The van der Waals surface area contributed by atoms with Gasteiger partial charge in [-0.25, -0.2) is 0 Å². The standard InChI is InChI=1S/C17H25N3OS/c1-11-5-9-22-13(11)10-19-16(18-2)20-14-12-4-8-21-15(12)17(14)6-3-7-17/h5,9,12,14-15H,3-4,6-8,10H2,1-2H3,(H2,18,19,20). The Morgan fingerprint density at radius 3 is 3.00 bits per heavy atom. The maximum absolute atomic E-state index is 5.99. The van der Waals surface area contributed by atoms with Gasteiger partial charge in [0.2, 0.25) is 0 Å². The molecule has 5 heteroatoms. The lowest BCUT2D eigenvalue weighted by molar-refractivity contribution is -0.171. The van der Waals surface area contributed by atoms with Gasteiger partial charge in [-0.15, -0.1) is 11.3 Å². The lowest BCUT2D eigenvalue weighted by Gasteiger charge is -2.63. The van der Waals surface area contributed by atoms with Crippen LogP contribution in [0.2, 0.25) is 0 Å². The summed E-state index contributed by atoms with van der Waals surface area (Å²) in [6, 6.07) is 2.72. The average molecular weight is 319 g/mol. The molecule has 1 aromatic rings. The number of fused-ring (bicyclic) bond motifs is 2. The van der Waals surface area contributed by atoms with Crippen LogP contribution in [0.15, 0.2) is 16.4 Å². The fourth-order valence-corrected chi connectivity index (χ4v) is 5.39. The lowest BCUT2D eigenvalue weighted by Crippen LogP contribution is -2.72. The summed E-state index contributed by atoms with van der Waals surface area (Å²) in [4.78, 5) is 5.82. The Morgan fingerprint density at radius 2 is 2.36 bits per heavy atom. The highest BCUT2D eigenvalue weighted by Crippen LogP contribution is 2.62. The van der Waals surface area contributed by atoms with E-state index in [1.54, 1.807) is 11.3 Å². The van der Waals surface area contributed by atoms with Crippen LogP contribution in [0.5, 0.6) is 0 Å². The van der Waals surface area contributed by atoms with Crippen LogP contribution < -0.4 is 10.6 Å². The molecule has 3 aliphatic rings. The summed E-state index contributed by atoms with van der Waals surface area (Å²) in [6.07, 6.45) is 5.69. The summed E-state index contributed by atoms with van der Waals surface area (Å²) in [5, 5.41) is 9.35. The molecule has 1 aliphatic heterocycles. The summed E-state index contributed by atoms with van der Waals surface area (Å²) >= 11 is 1.81. The fourth-order valence-electron chi connectivity index (χ4n) is 4.55. The van der Waals surface area contributed by atoms with Crippen molar-refractivity contribution < 1.29 is 4.74 Å². The molecule has 2 heterocycles. The summed E-state index contributed by atoms with van der Waals surface area (Å²) in [5.41, 5.74) is 1.76. The largest absolute Gasteiger partial charge is 0.377 e. The van der Waals surface area contributed by atoms with Crippen molar-refractivity contribution in [3.05, 3.63) is 21.9 Å². The molecule has 2 aliphatic carbocycles. The van der Waals surface area contributed by atoms with Gasteiger partial charge in [0, 0.05) is 35.9 Å². The van der Waals surface area contributed by atoms with E-state index in [4.69, 9.17) is 4.74 Å². The van der Waals surface area contributed by atoms with Crippen LogP contribution in [0, 0.1) is 18.3 Å². The summed E-state index contributed by atoms with van der Waals surface area (Å²) < 4.78 is 5.99. The zero-order chi connectivity index (χ0) is 15.2. The van der Waals surface area contributed by atoms with Gasteiger partial charge in [0.15, 0.2) is 5.96 Å². The molecule has 120 valence electrons. The van der Waals surface area contributed by atoms with Gasteiger partial charge in [-0.2, -0.15) is 0 Å². The highest BCUT2D eigenvalue weighted by molar-refractivity contribution is 7.10. The third-order valence-corrected chi connectivity index (χ3v) is 6.96. The summed E-state index contributed by atoms with van der Waals surface area (Å²) in [7, 11) is 1.87. The minimum Gasteiger partial charge on any atom is -0.377 e. The van der Waals surface area contributed by atoms with Crippen molar-refractivity contribution in [1.82, 2.24) is 10.6 Å². The van der Waals surface area contributed by atoms with E-state index in [2.05, 4.69) is 34.0 Å². The van der Waals surface area contributed by atoms with E-state index >= 15 is 0 Å². The molecule has 0 amide bonds. The number of ether oxygens (including phenoxy) is 1. The maximum Gasteiger partial charge on any atom is 0.191 e. The molecular formula is C17H25N3OS. The molecule has 22 heavy (non-hydrogen) atoms. The second-order valence-corrected chi connectivity index (χ2v) is 7.91. The van der Waals surface area contributed by atoms with Gasteiger partial charge < -0.3 is 15.4 Å². The molecule has 2 saturated carbocycles. The number of aryl methyl sites for hydroxylation is 1. The van der Waals surface area contributed by atoms with Gasteiger partial charge in [0.25, 0.3) is 0 Å². The average Bonchev–Trinajstić information content (AvgIpc) is 3.05. The van der Waals surface area contributed by atoms with Crippen LogP contribution >= 0.6 is 11.3 Å². The van der Waals surface area contributed by atoms with Crippen LogP contribution in [0.1, 0.15) is 36.1 Å². The van der Waals surface area contributed by atoms with E-state index in [9.17, 15) is 0 Å². The van der Waals surface area contributed by atoms with Crippen LogP contribution in [-0.2, 0) is 11.3 Å². The molecule has 3 atom stereocenters. The molecule has 0 bridgehead atoms. The van der Waals surface area contributed by atoms with E-state index in [0.29, 0.717) is 23.5 Å². The first-order valence-electron chi connectivity index (χ1n) is 8.36. The molecule has 4 rings (SSSR count). The van der Waals surface area contributed by atoms with Gasteiger partial charge in [-0.3, -0.25) is 4.99 Å². The second-order valence-electron chi connectivity index (χ2n) is 6.91. The second kappa shape index (κ2) is 5.53. The molecule has 3 fully saturated rings. The van der Waals surface area contributed by atoms with Gasteiger partial charge in [-0.05, 0) is 43.2 Å². The Hall–Kier alpha value is -1.07. The lowest BCUT2D eigenvalue weighted by atomic mass is 9.46. The Kier molecular flexibility index (Phi) is 3.65. The Bertz CT molecular complexity index is 578. The number of nitrogens with zero attached hydrogens (tertiary/aromatic N) is 1. The zero-order valence-corrected chi connectivity index (χ0v) is 14.2. The number of hydrogen-bond donors (Lipinski definition) is 2. The monoisotopic (exact) mass is 319 g/mol.